The molecule has 2 N–H and O–H groups in total. The highest BCUT2D eigenvalue weighted by molar-refractivity contribution is 6.30. The summed E-state index contributed by atoms with van der Waals surface area (Å²) in [4.78, 5) is 12.3. The van der Waals surface area contributed by atoms with E-state index in [9.17, 15) is 9.18 Å². The van der Waals surface area contributed by atoms with Crippen molar-refractivity contribution in [2.24, 2.45) is 17.6 Å². The Hall–Kier alpha value is -0.930. The maximum absolute atomic E-state index is 13.7. The molecule has 1 aliphatic rings. The zero-order chi connectivity index (χ0) is 13.8. The fraction of sp³-hybridized carbons (Fsp3) is 0.533. The lowest BCUT2D eigenvalue weighted by Crippen LogP contribution is -2.33. The maximum Gasteiger partial charge on any atom is 0.140 e. The van der Waals surface area contributed by atoms with E-state index in [1.807, 2.05) is 0 Å². The van der Waals surface area contributed by atoms with Gasteiger partial charge in [0.15, 0.2) is 0 Å². The van der Waals surface area contributed by atoms with E-state index in [1.54, 1.807) is 12.1 Å². The zero-order valence-corrected chi connectivity index (χ0v) is 11.6. The summed E-state index contributed by atoms with van der Waals surface area (Å²) in [6.07, 6.45) is 4.24. The molecule has 2 rings (SSSR count). The molecule has 19 heavy (non-hydrogen) atoms. The topological polar surface area (TPSA) is 43.1 Å². The molecule has 1 aliphatic carbocycles. The van der Waals surface area contributed by atoms with Gasteiger partial charge in [0.25, 0.3) is 0 Å². The Morgan fingerprint density at radius 3 is 2.79 bits per heavy atom. The van der Waals surface area contributed by atoms with Crippen molar-refractivity contribution in [1.82, 2.24) is 0 Å². The number of carbonyl (C=O) groups is 1. The molecule has 1 fully saturated rings. The van der Waals surface area contributed by atoms with Crippen LogP contribution in [0.1, 0.15) is 31.2 Å². The number of ketones is 1. The van der Waals surface area contributed by atoms with E-state index < -0.39 is 5.82 Å². The molecular formula is C15H19ClFNO. The van der Waals surface area contributed by atoms with Crippen molar-refractivity contribution >= 4 is 17.4 Å². The number of carbonyl (C=O) groups excluding carboxylic acids is 1. The van der Waals surface area contributed by atoms with Crippen molar-refractivity contribution in [3.05, 3.63) is 34.6 Å². The molecule has 2 atom stereocenters. The number of hydrogen-bond donors (Lipinski definition) is 1. The zero-order valence-electron chi connectivity index (χ0n) is 10.9. The van der Waals surface area contributed by atoms with Crippen molar-refractivity contribution in [3.63, 3.8) is 0 Å². The van der Waals surface area contributed by atoms with Crippen LogP contribution < -0.4 is 5.73 Å². The predicted octanol–water partition coefficient (Wildman–Crippen LogP) is 3.36. The molecule has 0 saturated heterocycles. The van der Waals surface area contributed by atoms with Gasteiger partial charge in [0.2, 0.25) is 0 Å². The summed E-state index contributed by atoms with van der Waals surface area (Å²) < 4.78 is 13.7. The number of rotatable bonds is 4. The molecule has 2 unspecified atom stereocenters. The molecule has 2 nitrogen and oxygen atoms in total. The summed E-state index contributed by atoms with van der Waals surface area (Å²) in [5.74, 6) is -0.0391. The van der Waals surface area contributed by atoms with Crippen LogP contribution in [0, 0.1) is 17.7 Å². The van der Waals surface area contributed by atoms with Gasteiger partial charge in [-0.2, -0.15) is 0 Å². The second-order valence-corrected chi connectivity index (χ2v) is 5.70. The highest BCUT2D eigenvalue weighted by Crippen LogP contribution is 2.31. The Kier molecular flexibility index (Phi) is 4.94. The third-order valence-corrected chi connectivity index (χ3v) is 4.24. The Morgan fingerprint density at radius 1 is 1.37 bits per heavy atom. The van der Waals surface area contributed by atoms with Crippen LogP contribution in [0.5, 0.6) is 0 Å². The molecular weight excluding hydrogens is 265 g/mol. The van der Waals surface area contributed by atoms with Gasteiger partial charge >= 0.3 is 0 Å². The first kappa shape index (κ1) is 14.5. The van der Waals surface area contributed by atoms with Crippen LogP contribution >= 0.6 is 11.6 Å². The Bertz CT molecular complexity index is 463. The second kappa shape index (κ2) is 6.49. The van der Waals surface area contributed by atoms with E-state index >= 15 is 0 Å². The minimum absolute atomic E-state index is 0.00571. The molecule has 104 valence electrons. The second-order valence-electron chi connectivity index (χ2n) is 5.27. The number of halogens is 2. The van der Waals surface area contributed by atoms with Gasteiger partial charge in [0.1, 0.15) is 11.6 Å². The van der Waals surface area contributed by atoms with Crippen LogP contribution in [0.25, 0.3) is 0 Å². The van der Waals surface area contributed by atoms with E-state index in [1.165, 1.54) is 6.07 Å². The first-order chi connectivity index (χ1) is 9.11. The molecule has 0 amide bonds. The standard InChI is InChI=1S/C15H19ClFNO/c16-12-6-5-10(14(17)8-12)7-15(19)13-4-2-1-3-11(13)9-18/h5-6,8,11,13H,1-4,7,9,18H2. The van der Waals surface area contributed by atoms with Crippen LogP contribution in [-0.4, -0.2) is 12.3 Å². The Balaban J connectivity index is 2.07. The molecule has 4 heteroatoms. The highest BCUT2D eigenvalue weighted by atomic mass is 35.5. The molecule has 0 spiro atoms. The largest absolute Gasteiger partial charge is 0.330 e. The van der Waals surface area contributed by atoms with Crippen molar-refractivity contribution in [2.75, 3.05) is 6.54 Å². The molecule has 1 aromatic carbocycles. The van der Waals surface area contributed by atoms with Gasteiger partial charge in [-0.15, -0.1) is 0 Å². The van der Waals surface area contributed by atoms with E-state index in [4.69, 9.17) is 17.3 Å². The summed E-state index contributed by atoms with van der Waals surface area (Å²) in [5.41, 5.74) is 6.16. The minimum Gasteiger partial charge on any atom is -0.330 e. The summed E-state index contributed by atoms with van der Waals surface area (Å²) in [5, 5.41) is 0.353. The molecule has 0 aliphatic heterocycles. The van der Waals surface area contributed by atoms with Crippen LogP contribution in [-0.2, 0) is 11.2 Å². The average molecular weight is 284 g/mol. The predicted molar refractivity (Wildman–Crippen MR) is 74.6 cm³/mol. The lowest BCUT2D eigenvalue weighted by Gasteiger charge is -2.29. The summed E-state index contributed by atoms with van der Waals surface area (Å²) >= 11 is 5.71. The van der Waals surface area contributed by atoms with Gasteiger partial charge in [0.05, 0.1) is 0 Å². The molecule has 0 aromatic heterocycles. The molecule has 0 bridgehead atoms. The Morgan fingerprint density at radius 2 is 2.11 bits per heavy atom. The SMILES string of the molecule is NCC1CCCCC1C(=O)Cc1ccc(Cl)cc1F. The number of nitrogens with two attached hydrogens (primary N) is 1. The lowest BCUT2D eigenvalue weighted by atomic mass is 9.76. The summed E-state index contributed by atoms with van der Waals surface area (Å²) in [6, 6.07) is 4.47. The first-order valence-electron chi connectivity index (χ1n) is 6.78. The van der Waals surface area contributed by atoms with Crippen LogP contribution in [0.15, 0.2) is 18.2 Å². The minimum atomic E-state index is -0.402. The highest BCUT2D eigenvalue weighted by Gasteiger charge is 2.29. The number of benzene rings is 1. The van der Waals surface area contributed by atoms with Crippen molar-refractivity contribution in [3.8, 4) is 0 Å². The molecule has 0 heterocycles. The van der Waals surface area contributed by atoms with Gasteiger partial charge in [-0.1, -0.05) is 30.5 Å². The molecule has 0 radical (unpaired) electrons. The van der Waals surface area contributed by atoms with Crippen LogP contribution in [0.3, 0.4) is 0 Å². The van der Waals surface area contributed by atoms with Gasteiger partial charge < -0.3 is 5.73 Å². The fourth-order valence-electron chi connectivity index (χ4n) is 2.90. The van der Waals surface area contributed by atoms with E-state index in [2.05, 4.69) is 0 Å². The summed E-state index contributed by atoms with van der Waals surface area (Å²) in [6.45, 7) is 0.541. The Labute approximate surface area is 118 Å². The van der Waals surface area contributed by atoms with Crippen LogP contribution in [0.2, 0.25) is 5.02 Å². The van der Waals surface area contributed by atoms with E-state index in [0.717, 1.165) is 25.7 Å². The van der Waals surface area contributed by atoms with Crippen LogP contribution in [0.4, 0.5) is 4.39 Å². The average Bonchev–Trinajstić information content (AvgIpc) is 2.41. The normalized spacial score (nSPS) is 23.3. The third-order valence-electron chi connectivity index (χ3n) is 4.01. The van der Waals surface area contributed by atoms with E-state index in [0.29, 0.717) is 17.1 Å². The smallest absolute Gasteiger partial charge is 0.140 e. The van der Waals surface area contributed by atoms with Gasteiger partial charge in [-0.3, -0.25) is 4.79 Å². The lowest BCUT2D eigenvalue weighted by molar-refractivity contribution is -0.124. The molecule has 1 aromatic rings. The van der Waals surface area contributed by atoms with Gasteiger partial charge in [-0.25, -0.2) is 4.39 Å². The number of hydrogen-bond acceptors (Lipinski definition) is 2. The van der Waals surface area contributed by atoms with Crippen molar-refractivity contribution in [1.29, 1.82) is 0 Å². The van der Waals surface area contributed by atoms with E-state index in [-0.39, 0.29) is 24.0 Å². The van der Waals surface area contributed by atoms with Crippen molar-refractivity contribution in [2.45, 2.75) is 32.1 Å². The third kappa shape index (κ3) is 3.54. The fourth-order valence-corrected chi connectivity index (χ4v) is 3.06. The monoisotopic (exact) mass is 283 g/mol. The maximum atomic E-state index is 13.7. The van der Waals surface area contributed by atoms with Gasteiger partial charge in [0, 0.05) is 17.4 Å². The van der Waals surface area contributed by atoms with Gasteiger partial charge in [-0.05, 0) is 43.0 Å². The number of Topliss-reactive ketones (excluding diaryl/α,β-unsaturated/α-hetero) is 1. The van der Waals surface area contributed by atoms with Crippen molar-refractivity contribution < 1.29 is 9.18 Å². The first-order valence-corrected chi connectivity index (χ1v) is 7.16. The summed E-state index contributed by atoms with van der Waals surface area (Å²) in [7, 11) is 0. The molecule has 1 saturated carbocycles. The quantitative estimate of drug-likeness (QED) is 0.921.